The first-order valence-electron chi connectivity index (χ1n) is 5.46. The van der Waals surface area contributed by atoms with Gasteiger partial charge < -0.3 is 9.84 Å². The number of aliphatic hydroxyl groups excluding tert-OH is 1. The van der Waals surface area contributed by atoms with Gasteiger partial charge in [-0.2, -0.15) is 13.2 Å². The van der Waals surface area contributed by atoms with Gasteiger partial charge >= 0.3 is 11.9 Å². The summed E-state index contributed by atoms with van der Waals surface area (Å²) < 4.78 is 43.5. The van der Waals surface area contributed by atoms with E-state index in [4.69, 9.17) is 4.74 Å². The number of nitrogens with zero attached hydrogens (tertiary/aromatic N) is 1. The molecule has 1 saturated heterocycles. The molecule has 1 aromatic rings. The molecule has 0 spiro atoms. The molecule has 0 aliphatic carbocycles. The molecule has 9 heteroatoms. The van der Waals surface area contributed by atoms with Crippen LogP contribution in [0.5, 0.6) is 0 Å². The molecule has 0 radical (unpaired) electrons. The summed E-state index contributed by atoms with van der Waals surface area (Å²) in [6.07, 6.45) is -6.99. The van der Waals surface area contributed by atoms with Crippen molar-refractivity contribution in [2.45, 2.75) is 38.0 Å². The van der Waals surface area contributed by atoms with Crippen LogP contribution in [-0.4, -0.2) is 26.9 Å². The first-order chi connectivity index (χ1) is 8.70. The molecular weight excluding hydrogens is 269 g/mol. The zero-order valence-corrected chi connectivity index (χ0v) is 9.77. The summed E-state index contributed by atoms with van der Waals surface area (Å²) in [5.74, 6) is 0. The maximum absolute atomic E-state index is 12.6. The zero-order valence-electron chi connectivity index (χ0n) is 9.77. The number of hydrogen-bond acceptors (Lipinski definition) is 4. The normalized spacial score (nSPS) is 27.7. The van der Waals surface area contributed by atoms with Gasteiger partial charge in [0.2, 0.25) is 0 Å². The third-order valence-electron chi connectivity index (χ3n) is 2.94. The molecule has 0 bridgehead atoms. The molecule has 1 aliphatic heterocycles. The Morgan fingerprint density at radius 3 is 2.58 bits per heavy atom. The second kappa shape index (κ2) is 4.49. The number of aromatic nitrogens is 2. The molecule has 106 valence electrons. The molecular formula is C10H11F3N2O4. The van der Waals surface area contributed by atoms with Crippen LogP contribution in [0.4, 0.5) is 13.2 Å². The molecule has 0 saturated carbocycles. The third kappa shape index (κ3) is 2.56. The van der Waals surface area contributed by atoms with Gasteiger partial charge in [0, 0.05) is 12.6 Å². The molecule has 0 amide bonds. The molecule has 0 aromatic carbocycles. The molecule has 1 aromatic heterocycles. The van der Waals surface area contributed by atoms with E-state index in [1.54, 1.807) is 4.98 Å². The van der Waals surface area contributed by atoms with Crippen LogP contribution in [0.15, 0.2) is 15.8 Å². The largest absolute Gasteiger partial charge is 0.423 e. The van der Waals surface area contributed by atoms with E-state index in [-0.39, 0.29) is 6.42 Å². The van der Waals surface area contributed by atoms with Gasteiger partial charge in [-0.25, -0.2) is 4.79 Å². The zero-order chi connectivity index (χ0) is 14.4. The number of H-pyrrole nitrogens is 1. The predicted molar refractivity (Wildman–Crippen MR) is 56.5 cm³/mol. The van der Waals surface area contributed by atoms with Gasteiger partial charge in [-0.3, -0.25) is 14.3 Å². The fourth-order valence-corrected chi connectivity index (χ4v) is 1.87. The SMILES string of the molecule is CC1O[C@@H](n2cc(C(F)(F)F)c(=O)[nH]c2=O)C[C@H]1O. The maximum Gasteiger partial charge on any atom is 0.423 e. The average molecular weight is 280 g/mol. The number of nitrogens with one attached hydrogen (secondary N) is 1. The summed E-state index contributed by atoms with van der Waals surface area (Å²) in [6.45, 7) is 1.53. The highest BCUT2D eigenvalue weighted by atomic mass is 19.4. The fraction of sp³-hybridized carbons (Fsp3) is 0.600. The number of aromatic amines is 1. The first-order valence-corrected chi connectivity index (χ1v) is 5.46. The Morgan fingerprint density at radius 2 is 2.11 bits per heavy atom. The Labute approximate surface area is 104 Å². The van der Waals surface area contributed by atoms with Gasteiger partial charge in [-0.05, 0) is 6.92 Å². The lowest BCUT2D eigenvalue weighted by Crippen LogP contribution is -2.36. The van der Waals surface area contributed by atoms with Crippen molar-refractivity contribution in [3.05, 3.63) is 32.6 Å². The number of hydrogen-bond donors (Lipinski definition) is 2. The van der Waals surface area contributed by atoms with Gasteiger partial charge in [0.1, 0.15) is 11.8 Å². The van der Waals surface area contributed by atoms with Crippen molar-refractivity contribution in [1.29, 1.82) is 0 Å². The van der Waals surface area contributed by atoms with Crippen LogP contribution in [0.25, 0.3) is 0 Å². The minimum Gasteiger partial charge on any atom is -0.390 e. The van der Waals surface area contributed by atoms with E-state index in [0.717, 1.165) is 0 Å². The topological polar surface area (TPSA) is 84.3 Å². The van der Waals surface area contributed by atoms with Crippen LogP contribution in [0.1, 0.15) is 25.1 Å². The smallest absolute Gasteiger partial charge is 0.390 e. The third-order valence-corrected chi connectivity index (χ3v) is 2.94. The number of halogens is 3. The van der Waals surface area contributed by atoms with Crippen LogP contribution in [0.2, 0.25) is 0 Å². The van der Waals surface area contributed by atoms with Gasteiger partial charge in [-0.1, -0.05) is 0 Å². The molecule has 2 rings (SSSR count). The summed E-state index contributed by atoms with van der Waals surface area (Å²) in [5.41, 5.74) is -3.99. The molecule has 3 atom stereocenters. The van der Waals surface area contributed by atoms with Crippen molar-refractivity contribution in [3.8, 4) is 0 Å². The van der Waals surface area contributed by atoms with E-state index in [9.17, 15) is 27.9 Å². The van der Waals surface area contributed by atoms with Crippen LogP contribution in [0.3, 0.4) is 0 Å². The fourth-order valence-electron chi connectivity index (χ4n) is 1.87. The van der Waals surface area contributed by atoms with Crippen LogP contribution in [-0.2, 0) is 10.9 Å². The number of aliphatic hydroxyl groups is 1. The van der Waals surface area contributed by atoms with Crippen molar-refractivity contribution in [3.63, 3.8) is 0 Å². The highest BCUT2D eigenvalue weighted by Crippen LogP contribution is 2.29. The summed E-state index contributed by atoms with van der Waals surface area (Å²) in [7, 11) is 0. The average Bonchev–Trinajstić information content (AvgIpc) is 2.57. The van der Waals surface area contributed by atoms with Crippen molar-refractivity contribution >= 4 is 0 Å². The van der Waals surface area contributed by atoms with Crippen LogP contribution < -0.4 is 11.2 Å². The molecule has 1 unspecified atom stereocenters. The van der Waals surface area contributed by atoms with E-state index < -0.39 is 41.4 Å². The van der Waals surface area contributed by atoms with E-state index >= 15 is 0 Å². The van der Waals surface area contributed by atoms with Gasteiger partial charge in [-0.15, -0.1) is 0 Å². The Hall–Kier alpha value is -1.61. The highest BCUT2D eigenvalue weighted by Gasteiger charge is 2.37. The Balaban J connectivity index is 2.48. The van der Waals surface area contributed by atoms with Crippen LogP contribution in [0, 0.1) is 0 Å². The van der Waals surface area contributed by atoms with E-state index in [1.165, 1.54) is 6.92 Å². The van der Waals surface area contributed by atoms with E-state index in [1.807, 2.05) is 0 Å². The lowest BCUT2D eigenvalue weighted by atomic mass is 10.2. The van der Waals surface area contributed by atoms with Crippen LogP contribution >= 0.6 is 0 Å². The Bertz CT molecular complexity index is 582. The predicted octanol–water partition coefficient (Wildman–Crippen LogP) is 0.224. The minimum absolute atomic E-state index is 0.0234. The number of alkyl halides is 3. The molecule has 2 N–H and O–H groups in total. The molecule has 19 heavy (non-hydrogen) atoms. The van der Waals surface area contributed by atoms with Gasteiger partial charge in [0.05, 0.1) is 12.2 Å². The Kier molecular flexibility index (Phi) is 3.27. The van der Waals surface area contributed by atoms with Crippen molar-refractivity contribution in [2.24, 2.45) is 0 Å². The molecule has 1 fully saturated rings. The minimum atomic E-state index is -4.87. The van der Waals surface area contributed by atoms with Gasteiger partial charge in [0.15, 0.2) is 0 Å². The van der Waals surface area contributed by atoms with E-state index in [0.29, 0.717) is 10.8 Å². The second-order valence-electron chi connectivity index (χ2n) is 4.31. The molecule has 1 aliphatic rings. The van der Waals surface area contributed by atoms with E-state index in [2.05, 4.69) is 0 Å². The standard InChI is InChI=1S/C10H11F3N2O4/c1-4-6(16)2-7(19-4)15-3-5(10(11,12)13)8(17)14-9(15)18/h3-4,6-7,16H,2H2,1H3,(H,14,17,18)/t4?,6-,7-/m1/s1. The summed E-state index contributed by atoms with van der Waals surface area (Å²) >= 11 is 0. The van der Waals surface area contributed by atoms with Crippen molar-refractivity contribution in [1.82, 2.24) is 9.55 Å². The quantitative estimate of drug-likeness (QED) is 0.771. The second-order valence-corrected chi connectivity index (χ2v) is 4.31. The maximum atomic E-state index is 12.6. The summed E-state index contributed by atoms with van der Waals surface area (Å²) in [6, 6.07) is 0. The van der Waals surface area contributed by atoms with Crippen molar-refractivity contribution in [2.75, 3.05) is 0 Å². The highest BCUT2D eigenvalue weighted by molar-refractivity contribution is 5.09. The number of rotatable bonds is 1. The van der Waals surface area contributed by atoms with Crippen molar-refractivity contribution < 1.29 is 23.0 Å². The van der Waals surface area contributed by atoms with Gasteiger partial charge in [0.25, 0.3) is 5.56 Å². The lowest BCUT2D eigenvalue weighted by molar-refractivity contribution is -0.139. The summed E-state index contributed by atoms with van der Waals surface area (Å²) in [4.78, 5) is 24.2. The number of ether oxygens (including phenoxy) is 1. The summed E-state index contributed by atoms with van der Waals surface area (Å²) in [5, 5.41) is 9.47. The molecule has 2 heterocycles. The lowest BCUT2D eigenvalue weighted by Gasteiger charge is -2.15. The molecule has 6 nitrogen and oxygen atoms in total. The first kappa shape index (κ1) is 13.8. The monoisotopic (exact) mass is 280 g/mol. The Morgan fingerprint density at radius 1 is 1.47 bits per heavy atom.